The maximum atomic E-state index is 15.6. The van der Waals surface area contributed by atoms with Crippen LogP contribution in [0.5, 0.6) is 0 Å². The van der Waals surface area contributed by atoms with E-state index >= 15 is 8.78 Å². The van der Waals surface area contributed by atoms with E-state index in [0.717, 1.165) is 38.9 Å². The predicted molar refractivity (Wildman–Crippen MR) is 149 cm³/mol. The third-order valence-corrected chi connectivity index (χ3v) is 10.9. The highest BCUT2D eigenvalue weighted by molar-refractivity contribution is 5.75. The van der Waals surface area contributed by atoms with Gasteiger partial charge >= 0.3 is 6.03 Å². The average molecular weight is 581 g/mol. The fraction of sp³-hybridized carbons (Fsp3) is 0.900. The van der Waals surface area contributed by atoms with Crippen molar-refractivity contribution in [3.05, 3.63) is 11.7 Å². The molecule has 3 saturated carbocycles. The summed E-state index contributed by atoms with van der Waals surface area (Å²) in [5.41, 5.74) is -0.414. The van der Waals surface area contributed by atoms with E-state index in [2.05, 4.69) is 53.0 Å². The zero-order chi connectivity index (χ0) is 29.1. The Morgan fingerprint density at radius 3 is 2.49 bits per heavy atom. The molecule has 7 atom stereocenters. The molecule has 1 N–H and O–H groups in total. The number of halogens is 3. The molecule has 0 spiro atoms. The first-order valence-corrected chi connectivity index (χ1v) is 15.9. The number of alkyl halides is 3. The summed E-state index contributed by atoms with van der Waals surface area (Å²) in [7, 11) is 0. The number of amides is 2. The van der Waals surface area contributed by atoms with Crippen molar-refractivity contribution in [3.63, 3.8) is 0 Å². The fourth-order valence-electron chi connectivity index (χ4n) is 7.85. The molecule has 6 rings (SSSR count). The van der Waals surface area contributed by atoms with Crippen LogP contribution in [0.15, 0.2) is 4.52 Å². The van der Waals surface area contributed by atoms with Gasteiger partial charge in [-0.3, -0.25) is 9.80 Å². The summed E-state index contributed by atoms with van der Waals surface area (Å²) in [4.78, 5) is 24.9. The summed E-state index contributed by atoms with van der Waals surface area (Å²) < 4.78 is 50.2. The average Bonchev–Trinajstić information content (AvgIpc) is 3.39. The fourth-order valence-corrected chi connectivity index (χ4v) is 7.85. The number of aromatic nitrogens is 2. The van der Waals surface area contributed by atoms with E-state index in [1.165, 1.54) is 0 Å². The molecule has 0 aromatic carbocycles. The Morgan fingerprint density at radius 2 is 1.85 bits per heavy atom. The number of likely N-dealkylation sites (tertiary alicyclic amines) is 1. The number of carbonyl (C=O) groups is 1. The minimum absolute atomic E-state index is 0.0801. The van der Waals surface area contributed by atoms with Crippen molar-refractivity contribution in [1.29, 1.82) is 0 Å². The van der Waals surface area contributed by atoms with Crippen LogP contribution in [0.3, 0.4) is 0 Å². The molecule has 11 heteroatoms. The van der Waals surface area contributed by atoms with Crippen molar-refractivity contribution in [2.75, 3.05) is 26.2 Å². The molecule has 41 heavy (non-hydrogen) atoms. The van der Waals surface area contributed by atoms with Gasteiger partial charge in [0.25, 0.3) is 5.92 Å². The monoisotopic (exact) mass is 580 g/mol. The van der Waals surface area contributed by atoms with Crippen molar-refractivity contribution < 1.29 is 22.5 Å². The Labute approximate surface area is 241 Å². The number of piperidine rings is 1. The summed E-state index contributed by atoms with van der Waals surface area (Å²) in [5.74, 6) is -1.99. The van der Waals surface area contributed by atoms with Gasteiger partial charge in [-0.1, -0.05) is 18.5 Å². The molecule has 2 aliphatic heterocycles. The quantitative estimate of drug-likeness (QED) is 0.505. The van der Waals surface area contributed by atoms with Crippen molar-refractivity contribution in [1.82, 2.24) is 30.2 Å². The minimum atomic E-state index is -2.96. The Bertz CT molecular complexity index is 1100. The molecule has 8 nitrogen and oxygen atoms in total. The van der Waals surface area contributed by atoms with Gasteiger partial charge in [-0.25, -0.2) is 18.0 Å². The van der Waals surface area contributed by atoms with Gasteiger partial charge in [0.15, 0.2) is 5.82 Å². The van der Waals surface area contributed by atoms with Crippen molar-refractivity contribution in [2.24, 2.45) is 5.92 Å². The van der Waals surface area contributed by atoms with E-state index in [4.69, 9.17) is 4.52 Å². The maximum Gasteiger partial charge on any atom is 0.318 e. The number of urea groups is 1. The van der Waals surface area contributed by atoms with Gasteiger partial charge in [0.1, 0.15) is 12.2 Å². The van der Waals surface area contributed by atoms with Crippen LogP contribution in [-0.4, -0.2) is 99.4 Å². The number of nitrogens with one attached hydrogen (secondary N) is 1. The van der Waals surface area contributed by atoms with Crippen LogP contribution in [0.1, 0.15) is 103 Å². The predicted octanol–water partition coefficient (Wildman–Crippen LogP) is 5.10. The van der Waals surface area contributed by atoms with Crippen molar-refractivity contribution in [2.45, 2.75) is 139 Å². The lowest BCUT2D eigenvalue weighted by Crippen LogP contribution is -2.68. The maximum absolute atomic E-state index is 15.6. The Morgan fingerprint density at radius 1 is 1.10 bits per heavy atom. The first-order valence-electron chi connectivity index (χ1n) is 15.9. The van der Waals surface area contributed by atoms with Gasteiger partial charge in [-0.05, 0) is 71.6 Å². The highest BCUT2D eigenvalue weighted by Gasteiger charge is 2.53. The number of nitrogens with zero attached hydrogens (tertiary/aromatic N) is 5. The second-order valence-electron chi connectivity index (χ2n) is 14.1. The summed E-state index contributed by atoms with van der Waals surface area (Å²) in [5, 5.41) is 7.14. The lowest BCUT2D eigenvalue weighted by Gasteiger charge is -2.52. The standard InChI is InChI=1S/C30H47F3N6O2/c1-18(2)37-13-14-38(19(3)17-37)23-9-6-10-30(32,33)25(23)34-28(40)39-12-11-29(4,16-24(39)20-7-5-8-20)27-35-26(41-36-27)21-15-22(21)31/h18-25H,5-17H2,1-4H3,(H,34,40)/t19-,21-,22+,23+,24?,25-,29?/m1/s1. The van der Waals surface area contributed by atoms with Crippen molar-refractivity contribution in [3.8, 4) is 0 Å². The van der Waals surface area contributed by atoms with Gasteiger partial charge in [-0.15, -0.1) is 0 Å². The lowest BCUT2D eigenvalue weighted by atomic mass is 9.68. The van der Waals surface area contributed by atoms with Crippen molar-refractivity contribution >= 4 is 6.03 Å². The van der Waals surface area contributed by atoms with E-state index in [0.29, 0.717) is 62.3 Å². The number of hydrogen-bond donors (Lipinski definition) is 1. The molecule has 1 aromatic heterocycles. The lowest BCUT2D eigenvalue weighted by molar-refractivity contribution is -0.106. The molecule has 1 aromatic rings. The van der Waals surface area contributed by atoms with Gasteiger partial charge in [-0.2, -0.15) is 4.98 Å². The first-order chi connectivity index (χ1) is 19.5. The molecule has 5 fully saturated rings. The van der Waals surface area contributed by atoms with E-state index in [1.54, 1.807) is 0 Å². The molecular formula is C30H47F3N6O2. The van der Waals surface area contributed by atoms with Crippen LogP contribution < -0.4 is 5.32 Å². The third kappa shape index (κ3) is 5.61. The highest BCUT2D eigenvalue weighted by atomic mass is 19.3. The summed E-state index contributed by atoms with van der Waals surface area (Å²) >= 11 is 0. The second kappa shape index (κ2) is 11.0. The van der Waals surface area contributed by atoms with E-state index in [-0.39, 0.29) is 36.5 Å². The van der Waals surface area contributed by atoms with Crippen LogP contribution in [0.2, 0.25) is 0 Å². The molecule has 5 aliphatic rings. The van der Waals surface area contributed by atoms with Crippen LogP contribution in [0.25, 0.3) is 0 Å². The van der Waals surface area contributed by atoms with E-state index in [9.17, 15) is 9.18 Å². The molecule has 0 bridgehead atoms. The van der Waals surface area contributed by atoms with Gasteiger partial charge in [0.2, 0.25) is 5.89 Å². The van der Waals surface area contributed by atoms with Crippen LogP contribution in [-0.2, 0) is 5.41 Å². The van der Waals surface area contributed by atoms with Crippen LogP contribution >= 0.6 is 0 Å². The molecule has 230 valence electrons. The van der Waals surface area contributed by atoms with E-state index < -0.39 is 23.6 Å². The number of carbonyl (C=O) groups excluding carboxylic acids is 1. The molecular weight excluding hydrogens is 533 g/mol. The second-order valence-corrected chi connectivity index (χ2v) is 14.1. The topological polar surface area (TPSA) is 77.7 Å². The highest BCUT2D eigenvalue weighted by Crippen LogP contribution is 2.46. The van der Waals surface area contributed by atoms with E-state index in [1.807, 2.05) is 4.90 Å². The zero-order valence-electron chi connectivity index (χ0n) is 25.0. The Kier molecular flexibility index (Phi) is 7.83. The van der Waals surface area contributed by atoms with Gasteiger partial charge in [0, 0.05) is 62.2 Å². The molecule has 2 amide bonds. The van der Waals surface area contributed by atoms with Gasteiger partial charge in [0.05, 0.1) is 5.92 Å². The number of hydrogen-bond acceptors (Lipinski definition) is 6. The summed E-state index contributed by atoms with van der Waals surface area (Å²) in [6.45, 7) is 11.4. The smallest absolute Gasteiger partial charge is 0.318 e. The van der Waals surface area contributed by atoms with Crippen LogP contribution in [0, 0.1) is 5.92 Å². The summed E-state index contributed by atoms with van der Waals surface area (Å²) in [6.07, 6.45) is 4.85. The third-order valence-electron chi connectivity index (χ3n) is 10.9. The molecule has 2 unspecified atom stereocenters. The summed E-state index contributed by atoms with van der Waals surface area (Å²) in [6, 6.07) is -1.48. The molecule has 2 saturated heterocycles. The SMILES string of the molecule is CC(C)N1CCN([C@H]2CCCC(F)(F)[C@@H]2NC(=O)N2CCC(C)(c3noc([C@@H]4C[C@@H]4F)n3)CC2C2CCC2)[C@H](C)C1. The number of piperazine rings is 1. The van der Waals surface area contributed by atoms with Gasteiger partial charge < -0.3 is 14.7 Å². The minimum Gasteiger partial charge on any atom is -0.339 e. The number of rotatable bonds is 6. The first kappa shape index (κ1) is 29.2. The molecule has 0 radical (unpaired) electrons. The molecule has 3 heterocycles. The Hall–Kier alpha value is -1.88. The molecule has 3 aliphatic carbocycles. The largest absolute Gasteiger partial charge is 0.339 e. The zero-order valence-corrected chi connectivity index (χ0v) is 25.0. The van der Waals surface area contributed by atoms with Crippen LogP contribution in [0.4, 0.5) is 18.0 Å². The Balaban J connectivity index is 1.18. The normalized spacial score (nSPS) is 38.6.